The summed E-state index contributed by atoms with van der Waals surface area (Å²) in [5, 5.41) is 3.44. The van der Waals surface area contributed by atoms with Gasteiger partial charge in [0.2, 0.25) is 5.91 Å². The first kappa shape index (κ1) is 22.1. The molecule has 0 spiro atoms. The number of amides is 2. The number of carbonyl (C=O) groups excluding carboxylic acids is 2. The van der Waals surface area contributed by atoms with Crippen LogP contribution in [0.2, 0.25) is 10.0 Å². The molecule has 0 unspecified atom stereocenters. The molecular weight excluding hydrogens is 399 g/mol. The van der Waals surface area contributed by atoms with Crippen molar-refractivity contribution in [2.45, 2.75) is 25.8 Å². The minimum atomic E-state index is -0.564. The molecule has 28 heavy (non-hydrogen) atoms. The number of rotatable bonds is 9. The molecule has 0 saturated carbocycles. The zero-order chi connectivity index (χ0) is 20.5. The molecule has 0 aliphatic carbocycles. The summed E-state index contributed by atoms with van der Waals surface area (Å²) in [4.78, 5) is 26.7. The van der Waals surface area contributed by atoms with E-state index in [1.54, 1.807) is 30.1 Å². The van der Waals surface area contributed by atoms with Crippen molar-refractivity contribution < 1.29 is 14.3 Å². The molecule has 0 saturated heterocycles. The lowest BCUT2D eigenvalue weighted by Gasteiger charge is -2.30. The smallest absolute Gasteiger partial charge is 0.261 e. The van der Waals surface area contributed by atoms with Crippen LogP contribution in [0.3, 0.4) is 0 Å². The molecule has 0 aliphatic heterocycles. The van der Waals surface area contributed by atoms with Crippen molar-refractivity contribution in [3.05, 3.63) is 64.1 Å². The molecule has 2 rings (SSSR count). The van der Waals surface area contributed by atoms with Gasteiger partial charge < -0.3 is 15.0 Å². The number of ether oxygens (including phenoxy) is 1. The fourth-order valence-corrected chi connectivity index (χ4v) is 3.34. The van der Waals surface area contributed by atoms with E-state index in [1.165, 1.54) is 0 Å². The number of hydrogen-bond acceptors (Lipinski definition) is 3. The van der Waals surface area contributed by atoms with Gasteiger partial charge in [0.25, 0.3) is 5.91 Å². The summed E-state index contributed by atoms with van der Waals surface area (Å²) in [6, 6.07) is 14.1. The number of benzene rings is 2. The van der Waals surface area contributed by atoms with Crippen molar-refractivity contribution >= 4 is 35.0 Å². The van der Waals surface area contributed by atoms with Crippen LogP contribution in [0, 0.1) is 0 Å². The summed E-state index contributed by atoms with van der Waals surface area (Å²) >= 11 is 12.0. The highest BCUT2D eigenvalue weighted by molar-refractivity contribution is 6.35. The van der Waals surface area contributed by atoms with Gasteiger partial charge >= 0.3 is 0 Å². The topological polar surface area (TPSA) is 58.6 Å². The number of nitrogens with zero attached hydrogens (tertiary/aromatic N) is 1. The van der Waals surface area contributed by atoms with Gasteiger partial charge in [-0.2, -0.15) is 0 Å². The van der Waals surface area contributed by atoms with Crippen molar-refractivity contribution in [2.24, 2.45) is 0 Å². The molecule has 0 aliphatic rings. The van der Waals surface area contributed by atoms with E-state index < -0.39 is 6.04 Å². The third-order valence-corrected chi connectivity index (χ3v) is 4.89. The minimum absolute atomic E-state index is 0.201. The Labute approximate surface area is 175 Å². The van der Waals surface area contributed by atoms with Gasteiger partial charge in [-0.05, 0) is 36.6 Å². The van der Waals surface area contributed by atoms with E-state index in [2.05, 4.69) is 5.32 Å². The fraction of sp³-hybridized carbons (Fsp3) is 0.333. The summed E-state index contributed by atoms with van der Waals surface area (Å²) in [6.07, 6.45) is 1.14. The molecule has 2 aromatic carbocycles. The Balaban J connectivity index is 2.11. The number of halogens is 2. The maximum atomic E-state index is 12.9. The molecule has 2 amide bonds. The zero-order valence-corrected chi connectivity index (χ0v) is 17.5. The van der Waals surface area contributed by atoms with E-state index in [9.17, 15) is 9.59 Å². The second-order valence-corrected chi connectivity index (χ2v) is 7.07. The largest absolute Gasteiger partial charge is 0.482 e. The third-order valence-electron chi connectivity index (χ3n) is 4.36. The Kier molecular flexibility index (Phi) is 8.61. The number of hydrogen-bond donors (Lipinski definition) is 1. The first-order valence-electron chi connectivity index (χ1n) is 9.09. The highest BCUT2D eigenvalue weighted by atomic mass is 35.5. The van der Waals surface area contributed by atoms with Crippen molar-refractivity contribution in [3.63, 3.8) is 0 Å². The molecule has 0 bridgehead atoms. The van der Waals surface area contributed by atoms with Gasteiger partial charge in [-0.3, -0.25) is 9.59 Å². The van der Waals surface area contributed by atoms with E-state index >= 15 is 0 Å². The minimum Gasteiger partial charge on any atom is -0.482 e. The lowest BCUT2D eigenvalue weighted by Crippen LogP contribution is -2.50. The molecule has 0 aromatic heterocycles. The quantitative estimate of drug-likeness (QED) is 0.664. The molecule has 150 valence electrons. The second kappa shape index (κ2) is 10.9. The van der Waals surface area contributed by atoms with Gasteiger partial charge in [0.15, 0.2) is 6.61 Å². The van der Waals surface area contributed by atoms with Crippen LogP contribution in [0.4, 0.5) is 0 Å². The molecule has 2 aromatic rings. The van der Waals surface area contributed by atoms with Crippen molar-refractivity contribution in [1.82, 2.24) is 10.2 Å². The van der Waals surface area contributed by atoms with Crippen molar-refractivity contribution in [1.29, 1.82) is 0 Å². The summed E-state index contributed by atoms with van der Waals surface area (Å²) in [7, 11) is 1.56. The van der Waals surface area contributed by atoms with Crippen LogP contribution in [0.25, 0.3) is 0 Å². The number of likely N-dealkylation sites (N-methyl/N-ethyl adjacent to an activating group) is 1. The summed E-state index contributed by atoms with van der Waals surface area (Å²) < 4.78 is 5.58. The van der Waals surface area contributed by atoms with Gasteiger partial charge in [0.1, 0.15) is 11.8 Å². The number of nitrogens with one attached hydrogen (secondary N) is 1. The molecule has 1 atom stereocenters. The van der Waals surface area contributed by atoms with Crippen LogP contribution in [0.5, 0.6) is 5.75 Å². The zero-order valence-electron chi connectivity index (χ0n) is 16.0. The van der Waals surface area contributed by atoms with Crippen LogP contribution in [-0.2, 0) is 16.0 Å². The molecule has 0 heterocycles. The van der Waals surface area contributed by atoms with Gasteiger partial charge in [-0.15, -0.1) is 0 Å². The molecule has 0 fully saturated rings. The van der Waals surface area contributed by atoms with Crippen molar-refractivity contribution in [3.8, 4) is 5.75 Å². The Hall–Kier alpha value is -2.24. The lowest BCUT2D eigenvalue weighted by molar-refractivity contribution is -0.142. The predicted octanol–water partition coefficient (Wildman–Crippen LogP) is 3.97. The lowest BCUT2D eigenvalue weighted by atomic mass is 10.1. The summed E-state index contributed by atoms with van der Waals surface area (Å²) in [5.41, 5.74) is 1.09. The van der Waals surface area contributed by atoms with Crippen LogP contribution in [0.15, 0.2) is 48.5 Å². The normalized spacial score (nSPS) is 11.6. The Morgan fingerprint density at radius 1 is 1.14 bits per heavy atom. The van der Waals surface area contributed by atoms with E-state index in [0.29, 0.717) is 35.2 Å². The molecule has 1 N–H and O–H groups in total. The highest BCUT2D eigenvalue weighted by Gasteiger charge is 2.28. The maximum absolute atomic E-state index is 12.9. The van der Waals surface area contributed by atoms with E-state index in [1.807, 2.05) is 37.3 Å². The Morgan fingerprint density at radius 2 is 1.86 bits per heavy atom. The molecule has 0 radical (unpaired) electrons. The maximum Gasteiger partial charge on any atom is 0.261 e. The van der Waals surface area contributed by atoms with Crippen molar-refractivity contribution in [2.75, 3.05) is 20.2 Å². The van der Waals surface area contributed by atoms with Gasteiger partial charge in [0.05, 0.1) is 5.02 Å². The third kappa shape index (κ3) is 6.14. The van der Waals surface area contributed by atoms with E-state index in [-0.39, 0.29) is 18.4 Å². The number of carbonyl (C=O) groups is 2. The first-order chi connectivity index (χ1) is 13.5. The van der Waals surface area contributed by atoms with Crippen LogP contribution in [0.1, 0.15) is 18.9 Å². The highest BCUT2D eigenvalue weighted by Crippen LogP contribution is 2.27. The van der Waals surface area contributed by atoms with Gasteiger partial charge in [-0.25, -0.2) is 0 Å². The fourth-order valence-electron chi connectivity index (χ4n) is 2.88. The van der Waals surface area contributed by atoms with Crippen LogP contribution < -0.4 is 10.1 Å². The summed E-state index contributed by atoms with van der Waals surface area (Å²) in [6.45, 7) is 2.07. The van der Waals surface area contributed by atoms with E-state index in [0.717, 1.165) is 5.56 Å². The molecule has 7 heteroatoms. The molecule has 5 nitrogen and oxygen atoms in total. The van der Waals surface area contributed by atoms with Crippen LogP contribution in [-0.4, -0.2) is 43.0 Å². The first-order valence-corrected chi connectivity index (χ1v) is 9.84. The second-order valence-electron chi connectivity index (χ2n) is 6.22. The monoisotopic (exact) mass is 422 g/mol. The average Bonchev–Trinajstić information content (AvgIpc) is 2.70. The predicted molar refractivity (Wildman–Crippen MR) is 112 cm³/mol. The van der Waals surface area contributed by atoms with Gasteiger partial charge in [-0.1, -0.05) is 60.5 Å². The Morgan fingerprint density at radius 3 is 2.46 bits per heavy atom. The summed E-state index contributed by atoms with van der Waals surface area (Å²) in [5.74, 6) is -0.110. The van der Waals surface area contributed by atoms with E-state index in [4.69, 9.17) is 27.9 Å². The SMILES string of the molecule is CC[C@H](C(=O)NC)N(CCc1ccccc1)C(=O)COc1ccc(Cl)cc1Cl. The van der Waals surface area contributed by atoms with Gasteiger partial charge in [0, 0.05) is 18.6 Å². The Bertz CT molecular complexity index is 799. The molecular formula is C21H24Cl2N2O3. The average molecular weight is 423 g/mol. The van der Waals surface area contributed by atoms with Crippen LogP contribution >= 0.6 is 23.2 Å². The standard InChI is InChI=1S/C21H24Cl2N2O3/c1-3-18(21(27)24-2)25(12-11-15-7-5-4-6-8-15)20(26)14-28-19-10-9-16(22)13-17(19)23/h4-10,13,18H,3,11-12,14H2,1-2H3,(H,24,27)/t18-/m1/s1.